The van der Waals surface area contributed by atoms with Crippen molar-refractivity contribution in [2.45, 2.75) is 50.4 Å². The number of aliphatic hydroxyl groups excluding tert-OH is 1. The van der Waals surface area contributed by atoms with Crippen LogP contribution in [0.25, 0.3) is 0 Å². The number of aliphatic hydroxyl groups is 1. The molecule has 0 bridgehead atoms. The van der Waals surface area contributed by atoms with Crippen LogP contribution < -0.4 is 15.4 Å². The monoisotopic (exact) mass is 448 g/mol. The highest BCUT2D eigenvalue weighted by molar-refractivity contribution is 5.76. The van der Waals surface area contributed by atoms with Crippen LogP contribution in [-0.4, -0.2) is 71.7 Å². The van der Waals surface area contributed by atoms with Crippen LogP contribution in [0.3, 0.4) is 0 Å². The number of amides is 4. The van der Waals surface area contributed by atoms with E-state index in [4.69, 9.17) is 0 Å². The van der Waals surface area contributed by atoms with Gasteiger partial charge in [0.25, 0.3) is 0 Å². The zero-order valence-electron chi connectivity index (χ0n) is 16.8. The summed E-state index contributed by atoms with van der Waals surface area (Å²) in [7, 11) is 1.48. The van der Waals surface area contributed by atoms with Crippen molar-refractivity contribution in [3.63, 3.8) is 0 Å². The van der Waals surface area contributed by atoms with Crippen molar-refractivity contribution in [2.75, 3.05) is 20.1 Å². The lowest BCUT2D eigenvalue weighted by Crippen LogP contribution is -2.59. The molecule has 1 saturated heterocycles. The van der Waals surface area contributed by atoms with Gasteiger partial charge in [0.15, 0.2) is 0 Å². The predicted molar refractivity (Wildman–Crippen MR) is 101 cm³/mol. The summed E-state index contributed by atoms with van der Waals surface area (Å²) in [5.74, 6) is -1.64. The Morgan fingerprint density at radius 1 is 1.26 bits per heavy atom. The number of piperidine rings is 1. The molecule has 0 radical (unpaired) electrons. The zero-order chi connectivity index (χ0) is 22.8. The molecule has 0 aromatic heterocycles. The fraction of sp³-hybridized carbons (Fsp3) is 0.579. The van der Waals surface area contributed by atoms with Gasteiger partial charge < -0.3 is 30.3 Å². The molecule has 2 aliphatic rings. The number of urea groups is 2. The molecule has 1 aliphatic heterocycles. The summed E-state index contributed by atoms with van der Waals surface area (Å²) in [5.41, 5.74) is -0.00529. The number of halogens is 4. The van der Waals surface area contributed by atoms with Crippen molar-refractivity contribution in [3.8, 4) is 5.75 Å². The summed E-state index contributed by atoms with van der Waals surface area (Å²) in [6.07, 6.45) is -3.87. The number of nitrogens with zero attached hydrogens (tertiary/aromatic N) is 2. The van der Waals surface area contributed by atoms with Gasteiger partial charge in [-0.25, -0.2) is 14.0 Å². The average Bonchev–Trinajstić information content (AvgIpc) is 3.50. The third-order valence-corrected chi connectivity index (χ3v) is 5.16. The lowest BCUT2D eigenvalue weighted by atomic mass is 10.0. The van der Waals surface area contributed by atoms with Gasteiger partial charge in [-0.1, -0.05) is 6.07 Å². The summed E-state index contributed by atoms with van der Waals surface area (Å²) >= 11 is 0. The van der Waals surface area contributed by atoms with Gasteiger partial charge in [-0.05, 0) is 25.3 Å². The summed E-state index contributed by atoms with van der Waals surface area (Å²) in [6, 6.07) is 1.37. The molecule has 2 fully saturated rings. The van der Waals surface area contributed by atoms with Crippen molar-refractivity contribution in [1.82, 2.24) is 20.4 Å². The number of hydrogen-bond acceptors (Lipinski definition) is 4. The second-order valence-corrected chi connectivity index (χ2v) is 7.60. The Kier molecular flexibility index (Phi) is 6.77. The van der Waals surface area contributed by atoms with E-state index in [2.05, 4.69) is 15.4 Å². The molecule has 1 aromatic carbocycles. The van der Waals surface area contributed by atoms with Crippen LogP contribution in [-0.2, 0) is 6.54 Å². The van der Waals surface area contributed by atoms with Crippen molar-refractivity contribution < 1.29 is 37.0 Å². The molecule has 1 heterocycles. The Balaban J connectivity index is 1.64. The Labute approximate surface area is 176 Å². The first kappa shape index (κ1) is 22.9. The smallest absolute Gasteiger partial charge is 0.406 e. The summed E-state index contributed by atoms with van der Waals surface area (Å²) in [6.45, 7) is 0.168. The van der Waals surface area contributed by atoms with Crippen molar-refractivity contribution in [3.05, 3.63) is 29.6 Å². The number of hydrogen-bond donors (Lipinski definition) is 3. The lowest BCUT2D eigenvalue weighted by Gasteiger charge is -2.41. The van der Waals surface area contributed by atoms with Crippen LogP contribution in [0, 0.1) is 5.82 Å². The van der Waals surface area contributed by atoms with Gasteiger partial charge in [0.05, 0.1) is 12.1 Å². The van der Waals surface area contributed by atoms with Crippen molar-refractivity contribution in [1.29, 1.82) is 0 Å². The first-order chi connectivity index (χ1) is 14.6. The van der Waals surface area contributed by atoms with Crippen LogP contribution in [0.15, 0.2) is 18.2 Å². The van der Waals surface area contributed by atoms with Gasteiger partial charge in [0, 0.05) is 44.4 Å². The van der Waals surface area contributed by atoms with E-state index in [-0.39, 0.29) is 37.3 Å². The minimum atomic E-state index is -4.93. The quantitative estimate of drug-likeness (QED) is 0.602. The molecular weight excluding hydrogens is 424 g/mol. The van der Waals surface area contributed by atoms with Crippen molar-refractivity contribution in [2.24, 2.45) is 0 Å². The normalized spacial score (nSPS) is 21.4. The molecule has 8 nitrogen and oxygen atoms in total. The van der Waals surface area contributed by atoms with Crippen LogP contribution in [0.2, 0.25) is 0 Å². The summed E-state index contributed by atoms with van der Waals surface area (Å²) in [4.78, 5) is 27.8. The van der Waals surface area contributed by atoms with Crippen LogP contribution in [0.4, 0.5) is 27.2 Å². The molecule has 0 spiro atoms. The first-order valence-electron chi connectivity index (χ1n) is 9.82. The molecule has 12 heteroatoms. The van der Waals surface area contributed by atoms with Crippen LogP contribution in [0.1, 0.15) is 24.8 Å². The van der Waals surface area contributed by atoms with Gasteiger partial charge in [-0.2, -0.15) is 0 Å². The van der Waals surface area contributed by atoms with E-state index in [1.807, 2.05) is 0 Å². The molecule has 31 heavy (non-hydrogen) atoms. The number of alkyl halides is 3. The van der Waals surface area contributed by atoms with E-state index in [1.165, 1.54) is 11.9 Å². The fourth-order valence-electron chi connectivity index (χ4n) is 3.69. The van der Waals surface area contributed by atoms with Gasteiger partial charge in [-0.3, -0.25) is 0 Å². The number of likely N-dealkylation sites (tertiary alicyclic amines) is 1. The summed E-state index contributed by atoms with van der Waals surface area (Å²) in [5, 5.41) is 15.2. The summed E-state index contributed by atoms with van der Waals surface area (Å²) < 4.78 is 54.6. The first-order valence-corrected chi connectivity index (χ1v) is 9.82. The van der Waals surface area contributed by atoms with E-state index < -0.39 is 36.1 Å². The second kappa shape index (κ2) is 9.16. The number of rotatable bonds is 5. The third kappa shape index (κ3) is 6.12. The third-order valence-electron chi connectivity index (χ3n) is 5.16. The minimum Gasteiger partial charge on any atom is -0.406 e. The number of β-amino-alcohol motifs (C(OH)–C–C–N with tert-alkyl or cyclic N) is 1. The molecular formula is C19H24F4N4O4. The maximum Gasteiger partial charge on any atom is 0.573 e. The van der Waals surface area contributed by atoms with E-state index >= 15 is 0 Å². The maximum absolute atomic E-state index is 14.1. The maximum atomic E-state index is 14.1. The van der Waals surface area contributed by atoms with Gasteiger partial charge in [0.1, 0.15) is 11.6 Å². The highest BCUT2D eigenvalue weighted by atomic mass is 19.4. The number of benzene rings is 1. The van der Waals surface area contributed by atoms with Gasteiger partial charge in [-0.15, -0.1) is 13.2 Å². The van der Waals surface area contributed by atoms with Gasteiger partial charge in [0.2, 0.25) is 0 Å². The molecule has 1 aromatic rings. The fourth-order valence-corrected chi connectivity index (χ4v) is 3.69. The Bertz CT molecular complexity index is 819. The average molecular weight is 448 g/mol. The van der Waals surface area contributed by atoms with E-state index in [0.717, 1.165) is 25.0 Å². The molecule has 0 unspecified atom stereocenters. The van der Waals surface area contributed by atoms with Gasteiger partial charge >= 0.3 is 18.4 Å². The molecule has 4 amide bonds. The van der Waals surface area contributed by atoms with E-state index in [1.54, 1.807) is 4.90 Å². The lowest BCUT2D eigenvalue weighted by molar-refractivity contribution is -0.274. The number of nitrogens with one attached hydrogen (secondary N) is 2. The number of carbonyl (C=O) groups is 2. The standard InChI is InChI=1S/C19H24F4N4O4/c1-24-17(29)26-9-13(6-14(28)10-26)27(12-3-4-12)18(30)25-8-11-2-5-15(7-16(11)20)31-19(21,22)23/h2,5,7,12-14,28H,3-4,6,8-10H2,1H3,(H,24,29)(H,25,30)/t13-,14+/m1/s1. The molecule has 1 saturated carbocycles. The molecule has 3 rings (SSSR count). The molecule has 3 N–H and O–H groups in total. The molecule has 1 aliphatic carbocycles. The number of ether oxygens (including phenoxy) is 1. The SMILES string of the molecule is CNC(=O)N1C[C@@H](O)C[C@@H](N(C(=O)NCc2ccc(OC(F)(F)F)cc2F)C2CC2)C1. The second-order valence-electron chi connectivity index (χ2n) is 7.60. The highest BCUT2D eigenvalue weighted by Gasteiger charge is 2.41. The Hall–Kier alpha value is -2.76. The highest BCUT2D eigenvalue weighted by Crippen LogP contribution is 2.32. The van der Waals surface area contributed by atoms with Crippen LogP contribution >= 0.6 is 0 Å². The topological polar surface area (TPSA) is 94.1 Å². The van der Waals surface area contributed by atoms with E-state index in [9.17, 15) is 32.3 Å². The number of carbonyl (C=O) groups excluding carboxylic acids is 2. The molecule has 2 atom stereocenters. The van der Waals surface area contributed by atoms with E-state index in [0.29, 0.717) is 12.5 Å². The van der Waals surface area contributed by atoms with Crippen LogP contribution in [0.5, 0.6) is 5.75 Å². The largest absolute Gasteiger partial charge is 0.573 e. The Morgan fingerprint density at radius 3 is 2.55 bits per heavy atom. The van der Waals surface area contributed by atoms with Crippen molar-refractivity contribution >= 4 is 12.1 Å². The molecule has 172 valence electrons. The zero-order valence-corrected chi connectivity index (χ0v) is 16.8. The minimum absolute atomic E-state index is 0.00529. The predicted octanol–water partition coefficient (Wildman–Crippen LogP) is 2.17. The Morgan fingerprint density at radius 2 is 1.97 bits per heavy atom.